The molecule has 1 heterocycles. The van der Waals surface area contributed by atoms with E-state index in [9.17, 15) is 15.3 Å². The fourth-order valence-corrected chi connectivity index (χ4v) is 1.83. The molecule has 0 aliphatic heterocycles. The predicted molar refractivity (Wildman–Crippen MR) is 68.5 cm³/mol. The van der Waals surface area contributed by atoms with Crippen molar-refractivity contribution in [2.75, 3.05) is 19.8 Å². The molecule has 0 aromatic carbocycles. The Morgan fingerprint density at radius 2 is 1.83 bits per heavy atom. The number of nitrogens with one attached hydrogen (secondary N) is 1. The lowest BCUT2D eigenvalue weighted by Gasteiger charge is -2.28. The molecule has 0 fully saturated rings. The molecule has 4 N–H and O–H groups in total. The summed E-state index contributed by atoms with van der Waals surface area (Å²) in [5.41, 5.74) is 0.398. The van der Waals surface area contributed by atoms with Gasteiger partial charge in [-0.15, -0.1) is 0 Å². The molecule has 1 aromatic heterocycles. The summed E-state index contributed by atoms with van der Waals surface area (Å²) in [5, 5.41) is 35.4. The van der Waals surface area contributed by atoms with Crippen LogP contribution in [0.2, 0.25) is 5.02 Å². The van der Waals surface area contributed by atoms with Gasteiger partial charge in [-0.3, -0.25) is 10.00 Å². The van der Waals surface area contributed by atoms with Crippen molar-refractivity contribution in [1.82, 2.24) is 15.1 Å². The number of hydrogen-bond acceptors (Lipinski definition) is 5. The molecule has 1 aromatic rings. The van der Waals surface area contributed by atoms with Crippen molar-refractivity contribution in [3.05, 3.63) is 16.4 Å². The minimum Gasteiger partial charge on any atom is -0.394 e. The zero-order valence-corrected chi connectivity index (χ0v) is 11.4. The second-order valence-electron chi connectivity index (χ2n) is 4.27. The topological polar surface area (TPSA) is 90.5 Å². The van der Waals surface area contributed by atoms with Gasteiger partial charge in [0.1, 0.15) is 0 Å². The summed E-state index contributed by atoms with van der Waals surface area (Å²) < 4.78 is 1.75. The average Bonchev–Trinajstić information content (AvgIpc) is 2.68. The van der Waals surface area contributed by atoms with Gasteiger partial charge in [0.2, 0.25) is 0 Å². The number of aryl methyl sites for hydroxylation is 2. The Kier molecular flexibility index (Phi) is 5.55. The van der Waals surface area contributed by atoms with Gasteiger partial charge in [0.15, 0.2) is 0 Å². The number of rotatable bonds is 7. The second-order valence-corrected chi connectivity index (χ2v) is 4.65. The van der Waals surface area contributed by atoms with Gasteiger partial charge in [0.05, 0.1) is 41.8 Å². The summed E-state index contributed by atoms with van der Waals surface area (Å²) in [6, 6.07) is 0. The first-order chi connectivity index (χ1) is 8.53. The molecule has 0 spiro atoms. The summed E-state index contributed by atoms with van der Waals surface area (Å²) in [6.45, 7) is 3.66. The van der Waals surface area contributed by atoms with E-state index in [0.717, 1.165) is 11.4 Å². The van der Waals surface area contributed by atoms with Crippen LogP contribution in [-0.2, 0) is 13.1 Å². The molecular weight excluding hydrogens is 258 g/mol. The number of hydrogen-bond donors (Lipinski definition) is 4. The van der Waals surface area contributed by atoms with Crippen LogP contribution in [0.5, 0.6) is 0 Å². The summed E-state index contributed by atoms with van der Waals surface area (Å²) in [5.74, 6) is 0. The zero-order valence-electron chi connectivity index (χ0n) is 10.6. The van der Waals surface area contributed by atoms with E-state index in [1.807, 2.05) is 13.8 Å². The highest BCUT2D eigenvalue weighted by molar-refractivity contribution is 6.31. The quantitative estimate of drug-likeness (QED) is 0.548. The van der Waals surface area contributed by atoms with Crippen LogP contribution in [0, 0.1) is 6.92 Å². The number of aromatic nitrogens is 2. The summed E-state index contributed by atoms with van der Waals surface area (Å²) in [7, 11) is 0. The van der Waals surface area contributed by atoms with E-state index in [0.29, 0.717) is 18.1 Å². The van der Waals surface area contributed by atoms with Crippen LogP contribution in [0.3, 0.4) is 0 Å². The maximum atomic E-state index is 9.22. The molecular formula is C11H20ClN3O3. The van der Waals surface area contributed by atoms with E-state index in [1.165, 1.54) is 0 Å². The first-order valence-electron chi connectivity index (χ1n) is 5.83. The van der Waals surface area contributed by atoms with Crippen LogP contribution in [0.1, 0.15) is 18.3 Å². The minimum absolute atomic E-state index is 0.315. The van der Waals surface area contributed by atoms with Crippen molar-refractivity contribution in [3.63, 3.8) is 0 Å². The van der Waals surface area contributed by atoms with Crippen molar-refractivity contribution < 1.29 is 15.3 Å². The molecule has 0 saturated carbocycles. The Bertz CT molecular complexity index is 383. The van der Waals surface area contributed by atoms with Gasteiger partial charge < -0.3 is 15.3 Å². The number of aliphatic hydroxyl groups excluding tert-OH is 3. The largest absolute Gasteiger partial charge is 0.394 e. The summed E-state index contributed by atoms with van der Waals surface area (Å²) in [4.78, 5) is 0. The lowest BCUT2D eigenvalue weighted by Crippen LogP contribution is -2.54. The van der Waals surface area contributed by atoms with Gasteiger partial charge in [0.25, 0.3) is 0 Å². The Labute approximate surface area is 111 Å². The van der Waals surface area contributed by atoms with Crippen LogP contribution < -0.4 is 5.32 Å². The van der Waals surface area contributed by atoms with Crippen molar-refractivity contribution in [2.45, 2.75) is 32.5 Å². The van der Waals surface area contributed by atoms with E-state index in [-0.39, 0.29) is 19.8 Å². The van der Waals surface area contributed by atoms with Crippen molar-refractivity contribution in [3.8, 4) is 0 Å². The van der Waals surface area contributed by atoms with Crippen LogP contribution in [0.15, 0.2) is 0 Å². The Balaban J connectivity index is 2.85. The lowest BCUT2D eigenvalue weighted by molar-refractivity contribution is 0.0409. The third kappa shape index (κ3) is 3.02. The Morgan fingerprint density at radius 1 is 1.28 bits per heavy atom. The van der Waals surface area contributed by atoms with E-state index < -0.39 is 5.54 Å². The lowest BCUT2D eigenvalue weighted by atomic mass is 10.0. The zero-order chi connectivity index (χ0) is 13.8. The molecule has 0 aliphatic carbocycles. The highest BCUT2D eigenvalue weighted by Crippen LogP contribution is 2.20. The molecule has 0 radical (unpaired) electrons. The number of halogens is 1. The maximum Gasteiger partial charge on any atom is 0.0884 e. The molecule has 0 aliphatic rings. The third-order valence-corrected chi connectivity index (χ3v) is 3.48. The molecule has 7 heteroatoms. The van der Waals surface area contributed by atoms with E-state index in [1.54, 1.807) is 4.68 Å². The second kappa shape index (κ2) is 6.49. The molecule has 6 nitrogen and oxygen atoms in total. The van der Waals surface area contributed by atoms with Gasteiger partial charge in [-0.05, 0) is 13.8 Å². The standard InChI is InChI=1S/C11H20ClN3O3/c1-3-15-9(10(12)8(2)14-15)4-13-11(5-16,6-17)7-18/h13,16-18H,3-7H2,1-2H3. The molecule has 0 amide bonds. The Morgan fingerprint density at radius 3 is 2.28 bits per heavy atom. The fraction of sp³-hybridized carbons (Fsp3) is 0.727. The third-order valence-electron chi connectivity index (χ3n) is 2.99. The van der Waals surface area contributed by atoms with Gasteiger partial charge in [0, 0.05) is 13.1 Å². The van der Waals surface area contributed by atoms with Crippen LogP contribution in [0.25, 0.3) is 0 Å². The number of aliphatic hydroxyl groups is 3. The van der Waals surface area contributed by atoms with Gasteiger partial charge in [-0.2, -0.15) is 5.10 Å². The molecule has 0 atom stereocenters. The number of nitrogens with zero attached hydrogens (tertiary/aromatic N) is 2. The molecule has 104 valence electrons. The van der Waals surface area contributed by atoms with Crippen molar-refractivity contribution in [1.29, 1.82) is 0 Å². The Hall–Kier alpha value is -0.660. The first kappa shape index (κ1) is 15.4. The van der Waals surface area contributed by atoms with Crippen LogP contribution >= 0.6 is 11.6 Å². The monoisotopic (exact) mass is 277 g/mol. The molecule has 0 saturated heterocycles. The summed E-state index contributed by atoms with van der Waals surface area (Å²) >= 11 is 6.14. The van der Waals surface area contributed by atoms with Crippen LogP contribution in [0.4, 0.5) is 0 Å². The van der Waals surface area contributed by atoms with Gasteiger partial charge >= 0.3 is 0 Å². The van der Waals surface area contributed by atoms with Crippen molar-refractivity contribution in [2.24, 2.45) is 0 Å². The smallest absolute Gasteiger partial charge is 0.0884 e. The van der Waals surface area contributed by atoms with Crippen LogP contribution in [-0.4, -0.2) is 50.5 Å². The SMILES string of the molecule is CCn1nc(C)c(Cl)c1CNC(CO)(CO)CO. The highest BCUT2D eigenvalue weighted by Gasteiger charge is 2.28. The van der Waals surface area contributed by atoms with Gasteiger partial charge in [-0.25, -0.2) is 0 Å². The van der Waals surface area contributed by atoms with Gasteiger partial charge in [-0.1, -0.05) is 11.6 Å². The van der Waals surface area contributed by atoms with Crippen molar-refractivity contribution >= 4 is 11.6 Å². The molecule has 0 unspecified atom stereocenters. The maximum absolute atomic E-state index is 9.22. The highest BCUT2D eigenvalue weighted by atomic mass is 35.5. The fourth-order valence-electron chi connectivity index (χ4n) is 1.63. The minimum atomic E-state index is -1.11. The summed E-state index contributed by atoms with van der Waals surface area (Å²) in [6.07, 6.45) is 0. The molecule has 1 rings (SSSR count). The first-order valence-corrected chi connectivity index (χ1v) is 6.20. The normalized spacial score (nSPS) is 12.1. The van der Waals surface area contributed by atoms with E-state index in [2.05, 4.69) is 10.4 Å². The van der Waals surface area contributed by atoms with E-state index >= 15 is 0 Å². The predicted octanol–water partition coefficient (Wildman–Crippen LogP) is -0.330. The molecule has 18 heavy (non-hydrogen) atoms. The average molecular weight is 278 g/mol. The van der Waals surface area contributed by atoms with E-state index in [4.69, 9.17) is 11.6 Å². The molecule has 0 bridgehead atoms.